The smallest absolute Gasteiger partial charge is 0.149 e. The minimum Gasteiger partial charge on any atom is -0.374 e. The van der Waals surface area contributed by atoms with E-state index >= 15 is 0 Å². The summed E-state index contributed by atoms with van der Waals surface area (Å²) < 4.78 is 23.4. The highest BCUT2D eigenvalue weighted by molar-refractivity contribution is 9.10. The normalized spacial score (nSPS) is 11.6. The van der Waals surface area contributed by atoms with Gasteiger partial charge in [0.05, 0.1) is 5.75 Å². The van der Waals surface area contributed by atoms with E-state index in [0.717, 1.165) is 23.2 Å². The maximum atomic E-state index is 11.2. The van der Waals surface area contributed by atoms with Crippen LogP contribution in [0.1, 0.15) is 12.5 Å². The van der Waals surface area contributed by atoms with Gasteiger partial charge < -0.3 is 10.2 Å². The zero-order valence-corrected chi connectivity index (χ0v) is 14.0. The number of rotatable bonds is 7. The van der Waals surface area contributed by atoms with Crippen molar-refractivity contribution in [2.75, 3.05) is 37.0 Å². The lowest BCUT2D eigenvalue weighted by Gasteiger charge is -2.20. The summed E-state index contributed by atoms with van der Waals surface area (Å²) in [6.45, 7) is 4.33. The number of sulfone groups is 1. The molecule has 0 unspecified atom stereocenters. The second-order valence-electron chi connectivity index (χ2n) is 4.61. The molecule has 0 heterocycles. The Morgan fingerprint density at radius 1 is 1.37 bits per heavy atom. The van der Waals surface area contributed by atoms with Crippen LogP contribution in [0.4, 0.5) is 5.69 Å². The van der Waals surface area contributed by atoms with Crippen molar-refractivity contribution in [3.05, 3.63) is 28.2 Å². The molecule has 0 aliphatic heterocycles. The second kappa shape index (κ2) is 7.26. The van der Waals surface area contributed by atoms with Gasteiger partial charge in [-0.25, -0.2) is 8.42 Å². The molecule has 0 aliphatic rings. The van der Waals surface area contributed by atoms with Crippen molar-refractivity contribution in [1.82, 2.24) is 5.32 Å². The van der Waals surface area contributed by atoms with Gasteiger partial charge in [0.25, 0.3) is 0 Å². The summed E-state index contributed by atoms with van der Waals surface area (Å²) in [5.74, 6) is 0.167. The summed E-state index contributed by atoms with van der Waals surface area (Å²) in [5, 5.41) is 3.28. The summed E-state index contributed by atoms with van der Waals surface area (Å²) >= 11 is 3.55. The van der Waals surface area contributed by atoms with E-state index in [1.54, 1.807) is 0 Å². The molecule has 0 atom stereocenters. The topological polar surface area (TPSA) is 49.4 Å². The summed E-state index contributed by atoms with van der Waals surface area (Å²) in [4.78, 5) is 1.95. The van der Waals surface area contributed by atoms with E-state index in [1.807, 2.05) is 24.1 Å². The van der Waals surface area contributed by atoms with Gasteiger partial charge in [0.1, 0.15) is 9.84 Å². The highest BCUT2D eigenvalue weighted by Gasteiger charge is 2.08. The molecule has 108 valence electrons. The summed E-state index contributed by atoms with van der Waals surface area (Å²) in [7, 11) is -1.02. The maximum absolute atomic E-state index is 11.2. The van der Waals surface area contributed by atoms with E-state index in [2.05, 4.69) is 34.2 Å². The third-order valence-corrected chi connectivity index (χ3v) is 4.50. The van der Waals surface area contributed by atoms with Gasteiger partial charge in [0.15, 0.2) is 0 Å². The van der Waals surface area contributed by atoms with Crippen molar-refractivity contribution >= 4 is 31.5 Å². The van der Waals surface area contributed by atoms with Crippen molar-refractivity contribution in [1.29, 1.82) is 0 Å². The first kappa shape index (κ1) is 16.5. The first-order valence-corrected chi connectivity index (χ1v) is 9.07. The molecule has 1 rings (SSSR count). The zero-order valence-electron chi connectivity index (χ0n) is 11.6. The quantitative estimate of drug-likeness (QED) is 0.819. The Labute approximate surface area is 124 Å². The molecule has 0 aliphatic carbocycles. The highest BCUT2D eigenvalue weighted by Crippen LogP contribution is 2.23. The Bertz CT molecular complexity index is 517. The van der Waals surface area contributed by atoms with Crippen LogP contribution in [0.3, 0.4) is 0 Å². The molecule has 0 fully saturated rings. The van der Waals surface area contributed by atoms with Crippen LogP contribution in [0.25, 0.3) is 0 Å². The minimum atomic E-state index is -2.92. The van der Waals surface area contributed by atoms with Crippen LogP contribution in [-0.2, 0) is 16.4 Å². The molecule has 1 aromatic rings. The third kappa shape index (κ3) is 5.93. The van der Waals surface area contributed by atoms with E-state index in [0.29, 0.717) is 6.54 Å². The number of nitrogens with one attached hydrogen (secondary N) is 1. The van der Waals surface area contributed by atoms with Crippen LogP contribution in [0.15, 0.2) is 22.7 Å². The van der Waals surface area contributed by atoms with Crippen molar-refractivity contribution in [3.8, 4) is 0 Å². The average Bonchev–Trinajstić information content (AvgIpc) is 2.33. The van der Waals surface area contributed by atoms with E-state index < -0.39 is 9.84 Å². The van der Waals surface area contributed by atoms with Gasteiger partial charge in [-0.1, -0.05) is 28.9 Å². The van der Waals surface area contributed by atoms with Gasteiger partial charge in [0, 0.05) is 36.6 Å². The van der Waals surface area contributed by atoms with Crippen LogP contribution in [0, 0.1) is 0 Å². The Kier molecular flexibility index (Phi) is 6.29. The Morgan fingerprint density at radius 2 is 2.05 bits per heavy atom. The van der Waals surface area contributed by atoms with Crippen molar-refractivity contribution < 1.29 is 8.42 Å². The lowest BCUT2D eigenvalue weighted by atomic mass is 10.2. The molecule has 0 spiro atoms. The van der Waals surface area contributed by atoms with Crippen LogP contribution < -0.4 is 10.2 Å². The Balaban J connectivity index is 2.71. The van der Waals surface area contributed by atoms with Gasteiger partial charge in [-0.15, -0.1) is 0 Å². The van der Waals surface area contributed by atoms with E-state index in [-0.39, 0.29) is 5.75 Å². The van der Waals surface area contributed by atoms with E-state index in [4.69, 9.17) is 0 Å². The first-order valence-electron chi connectivity index (χ1n) is 6.21. The van der Waals surface area contributed by atoms with Gasteiger partial charge in [0.2, 0.25) is 0 Å². The SMILES string of the molecule is CCNCc1ccc(N(C)CCS(C)(=O)=O)cc1Br. The molecular formula is C13H21BrN2O2S. The van der Waals surface area contributed by atoms with Crippen LogP contribution >= 0.6 is 15.9 Å². The molecule has 0 saturated heterocycles. The van der Waals surface area contributed by atoms with Crippen molar-refractivity contribution in [2.45, 2.75) is 13.5 Å². The van der Waals surface area contributed by atoms with Crippen molar-refractivity contribution in [3.63, 3.8) is 0 Å². The summed E-state index contributed by atoms with van der Waals surface area (Å²) in [6.07, 6.45) is 1.26. The second-order valence-corrected chi connectivity index (χ2v) is 7.72. The predicted octanol–water partition coefficient (Wildman–Crippen LogP) is 2.04. The molecule has 1 aromatic carbocycles. The molecule has 0 saturated carbocycles. The number of hydrogen-bond acceptors (Lipinski definition) is 4. The monoisotopic (exact) mass is 348 g/mol. The fraction of sp³-hybridized carbons (Fsp3) is 0.538. The number of halogens is 1. The number of benzene rings is 1. The minimum absolute atomic E-state index is 0.167. The summed E-state index contributed by atoms with van der Waals surface area (Å²) in [6, 6.07) is 6.09. The van der Waals surface area contributed by atoms with Crippen LogP contribution in [-0.4, -0.2) is 40.6 Å². The number of nitrogens with zero attached hydrogens (tertiary/aromatic N) is 1. The number of anilines is 1. The molecule has 0 aromatic heterocycles. The van der Waals surface area contributed by atoms with Gasteiger partial charge in [-0.2, -0.15) is 0 Å². The van der Waals surface area contributed by atoms with Gasteiger partial charge in [-0.3, -0.25) is 0 Å². The highest BCUT2D eigenvalue weighted by atomic mass is 79.9. The summed E-state index contributed by atoms with van der Waals surface area (Å²) in [5.41, 5.74) is 2.21. The molecule has 19 heavy (non-hydrogen) atoms. The van der Waals surface area contributed by atoms with Gasteiger partial charge in [-0.05, 0) is 24.2 Å². The molecule has 1 N–H and O–H groups in total. The third-order valence-electron chi connectivity index (χ3n) is 2.84. The fourth-order valence-electron chi connectivity index (χ4n) is 1.61. The van der Waals surface area contributed by atoms with Gasteiger partial charge >= 0.3 is 0 Å². The van der Waals surface area contributed by atoms with E-state index in [9.17, 15) is 8.42 Å². The number of hydrogen-bond donors (Lipinski definition) is 1. The predicted molar refractivity (Wildman–Crippen MR) is 84.5 cm³/mol. The standard InChI is InChI=1S/C13H21BrN2O2S/c1-4-15-10-11-5-6-12(9-13(11)14)16(2)7-8-19(3,17)18/h5-6,9,15H,4,7-8,10H2,1-3H3. The van der Waals surface area contributed by atoms with E-state index in [1.165, 1.54) is 11.8 Å². The molecule has 6 heteroatoms. The Hall–Kier alpha value is -0.590. The van der Waals surface area contributed by atoms with Crippen molar-refractivity contribution in [2.24, 2.45) is 0 Å². The Morgan fingerprint density at radius 3 is 2.58 bits per heavy atom. The van der Waals surface area contributed by atoms with Crippen LogP contribution in [0.5, 0.6) is 0 Å². The molecule has 0 amide bonds. The lowest BCUT2D eigenvalue weighted by molar-refractivity contribution is 0.601. The molecular weight excluding hydrogens is 328 g/mol. The molecule has 0 radical (unpaired) electrons. The first-order chi connectivity index (χ1) is 8.83. The molecule has 0 bridgehead atoms. The average molecular weight is 349 g/mol. The zero-order chi connectivity index (χ0) is 14.5. The fourth-order valence-corrected chi connectivity index (χ4v) is 2.72. The maximum Gasteiger partial charge on any atom is 0.149 e. The molecule has 4 nitrogen and oxygen atoms in total. The van der Waals surface area contributed by atoms with Crippen LogP contribution in [0.2, 0.25) is 0 Å². The largest absolute Gasteiger partial charge is 0.374 e. The lowest BCUT2D eigenvalue weighted by Crippen LogP contribution is -2.24.